The minimum absolute atomic E-state index is 0.0650. The Morgan fingerprint density at radius 1 is 1.37 bits per heavy atom. The molecule has 1 aromatic carbocycles. The van der Waals surface area contributed by atoms with Crippen molar-refractivity contribution in [1.29, 1.82) is 0 Å². The van der Waals surface area contributed by atoms with Gasteiger partial charge in [-0.2, -0.15) is 0 Å². The maximum Gasteiger partial charge on any atom is 0.128 e. The van der Waals surface area contributed by atoms with E-state index in [2.05, 4.69) is 43.5 Å². The first-order chi connectivity index (χ1) is 8.93. The molecule has 3 heteroatoms. The molecule has 1 aromatic heterocycles. The summed E-state index contributed by atoms with van der Waals surface area (Å²) in [6, 6.07) is 6.40. The summed E-state index contributed by atoms with van der Waals surface area (Å²) in [4.78, 5) is 4.82. The largest absolute Gasteiger partial charge is 0.321 e. The molecule has 1 aliphatic rings. The molecule has 19 heavy (non-hydrogen) atoms. The van der Waals surface area contributed by atoms with Gasteiger partial charge < -0.3 is 4.57 Å². The van der Waals surface area contributed by atoms with Crippen LogP contribution in [-0.2, 0) is 5.54 Å². The number of fused-ring (bicyclic) bond motifs is 1. The molecule has 0 radical (unpaired) electrons. The molecular weight excluding hydrogens is 256 g/mol. The van der Waals surface area contributed by atoms with E-state index in [1.165, 1.54) is 23.9 Å². The van der Waals surface area contributed by atoms with Crippen LogP contribution in [0.1, 0.15) is 50.4 Å². The lowest BCUT2D eigenvalue weighted by atomic mass is 9.97. The molecule has 0 amide bonds. The Kier molecular flexibility index (Phi) is 2.90. The molecule has 0 spiro atoms. The quantitative estimate of drug-likeness (QED) is 0.737. The van der Waals surface area contributed by atoms with E-state index in [0.29, 0.717) is 0 Å². The minimum atomic E-state index is -0.0650. The zero-order valence-electron chi connectivity index (χ0n) is 12.1. The van der Waals surface area contributed by atoms with Crippen LogP contribution in [0.3, 0.4) is 0 Å². The summed E-state index contributed by atoms with van der Waals surface area (Å²) in [5.41, 5.74) is 3.64. The third kappa shape index (κ3) is 1.97. The molecular formula is C16H21ClN2. The zero-order valence-corrected chi connectivity index (χ0v) is 12.8. The molecule has 1 aliphatic carbocycles. The number of hydrogen-bond donors (Lipinski definition) is 0. The first-order valence-electron chi connectivity index (χ1n) is 7.05. The Morgan fingerprint density at radius 2 is 2.05 bits per heavy atom. The minimum Gasteiger partial charge on any atom is -0.321 e. The molecule has 2 aromatic rings. The predicted molar refractivity (Wildman–Crippen MR) is 80.8 cm³/mol. The molecule has 0 aliphatic heterocycles. The van der Waals surface area contributed by atoms with Crippen molar-refractivity contribution in [2.75, 3.05) is 0 Å². The third-order valence-electron chi connectivity index (χ3n) is 4.42. The van der Waals surface area contributed by atoms with Crippen molar-refractivity contribution in [3.8, 4) is 0 Å². The first-order valence-corrected chi connectivity index (χ1v) is 7.49. The zero-order chi connectivity index (χ0) is 13.8. The van der Waals surface area contributed by atoms with Gasteiger partial charge in [-0.1, -0.05) is 12.1 Å². The van der Waals surface area contributed by atoms with Crippen LogP contribution in [0.4, 0.5) is 0 Å². The van der Waals surface area contributed by atoms with Gasteiger partial charge in [0.05, 0.1) is 16.4 Å². The molecule has 102 valence electrons. The second kappa shape index (κ2) is 4.24. The van der Waals surface area contributed by atoms with Crippen molar-refractivity contribution >= 4 is 22.6 Å². The molecule has 1 unspecified atom stereocenters. The normalized spacial score (nSPS) is 17.9. The van der Waals surface area contributed by atoms with Crippen LogP contribution in [-0.4, -0.2) is 9.55 Å². The maximum absolute atomic E-state index is 6.38. The summed E-state index contributed by atoms with van der Waals surface area (Å²) in [5.74, 6) is 1.75. The van der Waals surface area contributed by atoms with Gasteiger partial charge in [0.15, 0.2) is 0 Å². The predicted octanol–water partition coefficient (Wildman–Crippen LogP) is 4.79. The van der Waals surface area contributed by atoms with Crippen molar-refractivity contribution in [2.24, 2.45) is 5.92 Å². The number of aryl methyl sites for hydroxylation is 1. The fraction of sp³-hybridized carbons (Fsp3) is 0.562. The molecule has 1 heterocycles. The number of rotatable bonds is 3. The SMILES string of the molecule is Cc1cccc2c1nc(C(C)Cl)n2C(C)(C)C1CC1. The highest BCUT2D eigenvalue weighted by molar-refractivity contribution is 6.20. The smallest absolute Gasteiger partial charge is 0.128 e. The lowest BCUT2D eigenvalue weighted by molar-refractivity contribution is 0.304. The van der Waals surface area contributed by atoms with Crippen LogP contribution in [0.15, 0.2) is 18.2 Å². The van der Waals surface area contributed by atoms with Gasteiger partial charge in [-0.3, -0.25) is 0 Å². The maximum atomic E-state index is 6.38. The summed E-state index contributed by atoms with van der Waals surface area (Å²) >= 11 is 6.38. The summed E-state index contributed by atoms with van der Waals surface area (Å²) < 4.78 is 2.38. The van der Waals surface area contributed by atoms with Crippen LogP contribution < -0.4 is 0 Å². The molecule has 1 fully saturated rings. The van der Waals surface area contributed by atoms with Gasteiger partial charge in [0.1, 0.15) is 5.82 Å². The average Bonchev–Trinajstić information content (AvgIpc) is 3.10. The molecule has 2 nitrogen and oxygen atoms in total. The average molecular weight is 277 g/mol. The van der Waals surface area contributed by atoms with E-state index >= 15 is 0 Å². The van der Waals surface area contributed by atoms with Crippen LogP contribution in [0, 0.1) is 12.8 Å². The molecule has 0 saturated heterocycles. The molecule has 1 saturated carbocycles. The standard InChI is InChI=1S/C16H21ClN2/c1-10-6-5-7-13-14(10)18-15(11(2)17)19(13)16(3,4)12-8-9-12/h5-7,11-12H,8-9H2,1-4H3. The number of aromatic nitrogens is 2. The Bertz CT molecular complexity index is 621. The van der Waals surface area contributed by atoms with Crippen LogP contribution in [0.2, 0.25) is 0 Å². The highest BCUT2D eigenvalue weighted by atomic mass is 35.5. The fourth-order valence-corrected chi connectivity index (χ4v) is 3.25. The van der Waals surface area contributed by atoms with E-state index < -0.39 is 0 Å². The molecule has 1 atom stereocenters. The Morgan fingerprint density at radius 3 is 2.63 bits per heavy atom. The number of imidazole rings is 1. The van der Waals surface area contributed by atoms with E-state index in [0.717, 1.165) is 17.3 Å². The Balaban J connectivity index is 2.31. The van der Waals surface area contributed by atoms with Gasteiger partial charge in [0, 0.05) is 5.54 Å². The van der Waals surface area contributed by atoms with Crippen molar-refractivity contribution in [3.63, 3.8) is 0 Å². The summed E-state index contributed by atoms with van der Waals surface area (Å²) in [5, 5.41) is -0.0650. The lowest BCUT2D eigenvalue weighted by Crippen LogP contribution is -2.30. The monoisotopic (exact) mass is 276 g/mol. The number of nitrogens with zero attached hydrogens (tertiary/aromatic N) is 2. The van der Waals surface area contributed by atoms with Gasteiger partial charge in [-0.15, -0.1) is 11.6 Å². The summed E-state index contributed by atoms with van der Waals surface area (Å²) in [7, 11) is 0. The van der Waals surface area contributed by atoms with Crippen LogP contribution in [0.25, 0.3) is 11.0 Å². The lowest BCUT2D eigenvalue weighted by Gasteiger charge is -2.30. The number of hydrogen-bond acceptors (Lipinski definition) is 1. The van der Waals surface area contributed by atoms with Crippen molar-refractivity contribution in [1.82, 2.24) is 9.55 Å². The Labute approximate surface area is 119 Å². The van der Waals surface area contributed by atoms with Gasteiger partial charge in [0.25, 0.3) is 0 Å². The van der Waals surface area contributed by atoms with Gasteiger partial charge in [-0.25, -0.2) is 4.98 Å². The number of para-hydroxylation sites is 1. The van der Waals surface area contributed by atoms with Crippen LogP contribution >= 0.6 is 11.6 Å². The highest BCUT2D eigenvalue weighted by Crippen LogP contribution is 2.46. The molecule has 3 rings (SSSR count). The fourth-order valence-electron chi connectivity index (χ4n) is 3.10. The number of benzene rings is 1. The van der Waals surface area contributed by atoms with Gasteiger partial charge in [-0.05, 0) is 58.1 Å². The van der Waals surface area contributed by atoms with Crippen molar-refractivity contribution in [3.05, 3.63) is 29.6 Å². The highest BCUT2D eigenvalue weighted by Gasteiger charge is 2.41. The van der Waals surface area contributed by atoms with E-state index in [1.54, 1.807) is 0 Å². The molecule has 0 N–H and O–H groups in total. The first kappa shape index (κ1) is 13.0. The van der Waals surface area contributed by atoms with Gasteiger partial charge in [0.2, 0.25) is 0 Å². The third-order valence-corrected chi connectivity index (χ3v) is 4.62. The van der Waals surface area contributed by atoms with Gasteiger partial charge >= 0.3 is 0 Å². The molecule has 0 bridgehead atoms. The number of alkyl halides is 1. The van der Waals surface area contributed by atoms with E-state index in [4.69, 9.17) is 16.6 Å². The van der Waals surface area contributed by atoms with E-state index in [-0.39, 0.29) is 10.9 Å². The summed E-state index contributed by atoms with van der Waals surface area (Å²) in [6.07, 6.45) is 2.63. The van der Waals surface area contributed by atoms with Crippen molar-refractivity contribution in [2.45, 2.75) is 51.5 Å². The van der Waals surface area contributed by atoms with Crippen LogP contribution in [0.5, 0.6) is 0 Å². The Hall–Kier alpha value is -1.02. The van der Waals surface area contributed by atoms with E-state index in [1.807, 2.05) is 6.92 Å². The van der Waals surface area contributed by atoms with E-state index in [9.17, 15) is 0 Å². The second-order valence-electron chi connectivity index (χ2n) is 6.29. The summed E-state index contributed by atoms with van der Waals surface area (Å²) in [6.45, 7) is 8.76. The topological polar surface area (TPSA) is 17.8 Å². The number of halogens is 1. The van der Waals surface area contributed by atoms with Crippen molar-refractivity contribution < 1.29 is 0 Å². The second-order valence-corrected chi connectivity index (χ2v) is 6.95.